The Labute approximate surface area is 108 Å². The molecule has 2 N–H and O–H groups in total. The Hall–Kier alpha value is -2.21. The van der Waals surface area contributed by atoms with Crippen LogP contribution in [0, 0.1) is 0 Å². The van der Waals surface area contributed by atoms with Gasteiger partial charge in [0.25, 0.3) is 0 Å². The van der Waals surface area contributed by atoms with Crippen molar-refractivity contribution in [1.29, 1.82) is 0 Å². The third-order valence-electron chi connectivity index (χ3n) is 2.58. The first kappa shape index (κ1) is 10.9. The predicted molar refractivity (Wildman–Crippen MR) is 72.5 cm³/mol. The van der Waals surface area contributed by atoms with Gasteiger partial charge in [0.1, 0.15) is 5.01 Å². The zero-order chi connectivity index (χ0) is 12.4. The molecule has 90 valence electrons. The van der Waals surface area contributed by atoms with Gasteiger partial charge in [-0.1, -0.05) is 35.6 Å². The summed E-state index contributed by atoms with van der Waals surface area (Å²) in [5.74, 6) is 0. The van der Waals surface area contributed by atoms with Crippen molar-refractivity contribution in [1.82, 2.24) is 20.4 Å². The summed E-state index contributed by atoms with van der Waals surface area (Å²) in [5.41, 5.74) is 3.18. The molecule has 2 aromatic heterocycles. The highest BCUT2D eigenvalue weighted by atomic mass is 32.1. The second kappa shape index (κ2) is 4.58. The molecule has 0 bridgehead atoms. The number of nitrogens with zero attached hydrogens (tertiary/aromatic N) is 3. The van der Waals surface area contributed by atoms with E-state index in [0.717, 1.165) is 27.0 Å². The van der Waals surface area contributed by atoms with Gasteiger partial charge in [0.05, 0.1) is 5.69 Å². The normalized spacial score (nSPS) is 10.5. The highest BCUT2D eigenvalue weighted by Gasteiger charge is 2.06. The van der Waals surface area contributed by atoms with Crippen molar-refractivity contribution in [3.05, 3.63) is 36.5 Å². The largest absolute Gasteiger partial charge is 0.363 e. The summed E-state index contributed by atoms with van der Waals surface area (Å²) in [6.07, 6.45) is 1.74. The van der Waals surface area contributed by atoms with E-state index in [2.05, 4.69) is 25.7 Å². The van der Waals surface area contributed by atoms with Crippen molar-refractivity contribution < 1.29 is 0 Å². The molecule has 3 aromatic rings. The van der Waals surface area contributed by atoms with Crippen LogP contribution in [0.15, 0.2) is 36.5 Å². The minimum Gasteiger partial charge on any atom is -0.363 e. The first-order valence-corrected chi connectivity index (χ1v) is 6.30. The van der Waals surface area contributed by atoms with Crippen molar-refractivity contribution in [2.75, 3.05) is 12.4 Å². The Morgan fingerprint density at radius 1 is 1.06 bits per heavy atom. The summed E-state index contributed by atoms with van der Waals surface area (Å²) in [4.78, 5) is 0. The third-order valence-corrected chi connectivity index (χ3v) is 3.57. The standard InChI is InChI=1S/C12H11N5S/c1-13-12-17-16-11(18-12)9-4-2-8(3-5-9)10-6-7-14-15-10/h2-7H,1H3,(H,13,17)(H,14,15). The third kappa shape index (κ3) is 1.98. The van der Waals surface area contributed by atoms with E-state index in [4.69, 9.17) is 0 Å². The zero-order valence-electron chi connectivity index (χ0n) is 9.71. The topological polar surface area (TPSA) is 66.5 Å². The quantitative estimate of drug-likeness (QED) is 0.757. The second-order valence-electron chi connectivity index (χ2n) is 3.71. The molecule has 0 saturated carbocycles. The summed E-state index contributed by atoms with van der Waals surface area (Å²) < 4.78 is 0. The molecule has 18 heavy (non-hydrogen) atoms. The Balaban J connectivity index is 1.91. The van der Waals surface area contributed by atoms with Gasteiger partial charge >= 0.3 is 0 Å². The molecule has 0 amide bonds. The smallest absolute Gasteiger partial charge is 0.205 e. The summed E-state index contributed by atoms with van der Waals surface area (Å²) >= 11 is 1.54. The molecule has 0 aliphatic heterocycles. The number of anilines is 1. The molecule has 2 heterocycles. The first-order valence-electron chi connectivity index (χ1n) is 5.48. The molecular weight excluding hydrogens is 246 g/mol. The highest BCUT2D eigenvalue weighted by Crippen LogP contribution is 2.27. The van der Waals surface area contributed by atoms with E-state index in [-0.39, 0.29) is 0 Å². The molecular formula is C12H11N5S. The fourth-order valence-electron chi connectivity index (χ4n) is 1.65. The lowest BCUT2D eigenvalue weighted by Gasteiger charge is -1.99. The van der Waals surface area contributed by atoms with E-state index >= 15 is 0 Å². The lowest BCUT2D eigenvalue weighted by atomic mass is 10.1. The summed E-state index contributed by atoms with van der Waals surface area (Å²) in [7, 11) is 1.84. The molecule has 1 aromatic carbocycles. The maximum atomic E-state index is 4.14. The van der Waals surface area contributed by atoms with Crippen molar-refractivity contribution in [2.24, 2.45) is 0 Å². The van der Waals surface area contributed by atoms with Crippen LogP contribution in [-0.4, -0.2) is 27.4 Å². The van der Waals surface area contributed by atoms with Gasteiger partial charge in [-0.3, -0.25) is 5.10 Å². The summed E-state index contributed by atoms with van der Waals surface area (Å²) in [5, 5.41) is 19.8. The van der Waals surface area contributed by atoms with Gasteiger partial charge in [-0.25, -0.2) is 0 Å². The van der Waals surface area contributed by atoms with Crippen LogP contribution in [0.1, 0.15) is 0 Å². The van der Waals surface area contributed by atoms with Crippen LogP contribution in [0.25, 0.3) is 21.8 Å². The van der Waals surface area contributed by atoms with E-state index in [1.807, 2.05) is 37.4 Å². The maximum Gasteiger partial charge on any atom is 0.205 e. The van der Waals surface area contributed by atoms with Gasteiger partial charge in [0, 0.05) is 18.8 Å². The number of aromatic nitrogens is 4. The van der Waals surface area contributed by atoms with Crippen LogP contribution in [0.3, 0.4) is 0 Å². The first-order chi connectivity index (χ1) is 8.86. The lowest BCUT2D eigenvalue weighted by molar-refractivity contribution is 1.09. The molecule has 5 nitrogen and oxygen atoms in total. The number of hydrogen-bond donors (Lipinski definition) is 2. The fraction of sp³-hybridized carbons (Fsp3) is 0.0833. The van der Waals surface area contributed by atoms with Crippen LogP contribution >= 0.6 is 11.3 Å². The Morgan fingerprint density at radius 2 is 1.83 bits per heavy atom. The average molecular weight is 257 g/mol. The number of hydrogen-bond acceptors (Lipinski definition) is 5. The summed E-state index contributed by atoms with van der Waals surface area (Å²) in [6.45, 7) is 0. The molecule has 3 rings (SSSR count). The van der Waals surface area contributed by atoms with Gasteiger partial charge in [0.15, 0.2) is 0 Å². The molecule has 6 heteroatoms. The maximum absolute atomic E-state index is 4.14. The van der Waals surface area contributed by atoms with Gasteiger partial charge < -0.3 is 5.32 Å². The Morgan fingerprint density at radius 3 is 2.44 bits per heavy atom. The van der Waals surface area contributed by atoms with Crippen LogP contribution < -0.4 is 5.32 Å². The van der Waals surface area contributed by atoms with Gasteiger partial charge in [-0.05, 0) is 11.6 Å². The molecule has 0 atom stereocenters. The van der Waals surface area contributed by atoms with Crippen molar-refractivity contribution in [3.63, 3.8) is 0 Å². The molecule has 0 radical (unpaired) electrons. The SMILES string of the molecule is CNc1nnc(-c2ccc(-c3ccn[nH]3)cc2)s1. The number of benzene rings is 1. The molecule has 0 saturated heterocycles. The van der Waals surface area contributed by atoms with Crippen LogP contribution in [0.4, 0.5) is 5.13 Å². The predicted octanol–water partition coefficient (Wildman–Crippen LogP) is 2.64. The van der Waals surface area contributed by atoms with Crippen molar-refractivity contribution in [2.45, 2.75) is 0 Å². The van der Waals surface area contributed by atoms with Crippen molar-refractivity contribution >= 4 is 16.5 Å². The van der Waals surface area contributed by atoms with Crippen LogP contribution in [-0.2, 0) is 0 Å². The highest BCUT2D eigenvalue weighted by molar-refractivity contribution is 7.18. The minimum atomic E-state index is 0.822. The van der Waals surface area contributed by atoms with Gasteiger partial charge in [-0.2, -0.15) is 5.10 Å². The zero-order valence-corrected chi connectivity index (χ0v) is 10.5. The number of H-pyrrole nitrogens is 1. The molecule has 0 unspecified atom stereocenters. The second-order valence-corrected chi connectivity index (χ2v) is 4.69. The lowest BCUT2D eigenvalue weighted by Crippen LogP contribution is -1.84. The number of rotatable bonds is 3. The van der Waals surface area contributed by atoms with Crippen molar-refractivity contribution in [3.8, 4) is 21.8 Å². The van der Waals surface area contributed by atoms with Crippen LogP contribution in [0.2, 0.25) is 0 Å². The molecule has 0 aliphatic carbocycles. The van der Waals surface area contributed by atoms with E-state index in [1.54, 1.807) is 6.20 Å². The average Bonchev–Trinajstić information content (AvgIpc) is 3.10. The van der Waals surface area contributed by atoms with E-state index in [9.17, 15) is 0 Å². The Kier molecular flexibility index (Phi) is 2.77. The Bertz CT molecular complexity index is 627. The van der Waals surface area contributed by atoms with E-state index in [0.29, 0.717) is 0 Å². The monoisotopic (exact) mass is 257 g/mol. The molecule has 0 spiro atoms. The summed E-state index contributed by atoms with van der Waals surface area (Å²) in [6, 6.07) is 10.1. The van der Waals surface area contributed by atoms with E-state index < -0.39 is 0 Å². The molecule has 0 aliphatic rings. The van der Waals surface area contributed by atoms with Gasteiger partial charge in [0.2, 0.25) is 5.13 Å². The number of nitrogens with one attached hydrogen (secondary N) is 2. The van der Waals surface area contributed by atoms with E-state index in [1.165, 1.54) is 11.3 Å². The van der Waals surface area contributed by atoms with Gasteiger partial charge in [-0.15, -0.1) is 10.2 Å². The number of aromatic amines is 1. The van der Waals surface area contributed by atoms with Crippen LogP contribution in [0.5, 0.6) is 0 Å². The molecule has 0 fully saturated rings. The minimum absolute atomic E-state index is 0.822. The fourth-order valence-corrected chi connectivity index (χ4v) is 2.35.